The fraction of sp³-hybridized carbons (Fsp3) is 0.375. The lowest BCUT2D eigenvalue weighted by Gasteiger charge is -2.23. The Morgan fingerprint density at radius 2 is 2.17 bits per heavy atom. The summed E-state index contributed by atoms with van der Waals surface area (Å²) in [6, 6.07) is 7.60. The van der Waals surface area contributed by atoms with Crippen molar-refractivity contribution in [3.63, 3.8) is 0 Å². The summed E-state index contributed by atoms with van der Waals surface area (Å²) in [5.41, 5.74) is 3.27. The van der Waals surface area contributed by atoms with Gasteiger partial charge in [-0.25, -0.2) is 4.79 Å². The maximum atomic E-state index is 11.5. The molecule has 2 atom stereocenters. The monoisotopic (exact) mass is 334 g/mol. The molecule has 0 radical (unpaired) electrons. The molecule has 2 aliphatic rings. The number of hydrogen-bond donors (Lipinski definition) is 2. The van der Waals surface area contributed by atoms with Gasteiger partial charge in [-0.15, -0.1) is 0 Å². The third-order valence-electron chi connectivity index (χ3n) is 3.77. The van der Waals surface area contributed by atoms with E-state index in [2.05, 4.69) is 16.7 Å². The summed E-state index contributed by atoms with van der Waals surface area (Å²) in [6.07, 6.45) is 1.21. The summed E-state index contributed by atoms with van der Waals surface area (Å²) in [5, 5.41) is 5.48. The van der Waals surface area contributed by atoms with Gasteiger partial charge in [-0.2, -0.15) is 0 Å². The minimum atomic E-state index is -0.452. The van der Waals surface area contributed by atoms with Gasteiger partial charge in [0.15, 0.2) is 0 Å². The average molecular weight is 334 g/mol. The van der Waals surface area contributed by atoms with E-state index in [0.717, 1.165) is 16.9 Å². The Balaban J connectivity index is 1.80. The second-order valence-electron chi connectivity index (χ2n) is 5.40. The zero-order valence-electron chi connectivity index (χ0n) is 12.7. The zero-order chi connectivity index (χ0) is 16.2. The highest BCUT2D eigenvalue weighted by Gasteiger charge is 2.32. The third kappa shape index (κ3) is 3.86. The molecule has 0 aliphatic carbocycles. The van der Waals surface area contributed by atoms with Gasteiger partial charge >= 0.3 is 6.09 Å². The average Bonchev–Trinajstić information content (AvgIpc) is 3.00. The fourth-order valence-electron chi connectivity index (χ4n) is 2.65. The second kappa shape index (κ2) is 7.06. The molecule has 6 nitrogen and oxygen atoms in total. The molecule has 0 saturated carbocycles. The minimum absolute atomic E-state index is 0.162. The van der Waals surface area contributed by atoms with Crippen molar-refractivity contribution in [3.8, 4) is 0 Å². The highest BCUT2D eigenvalue weighted by molar-refractivity contribution is 7.95. The van der Waals surface area contributed by atoms with Gasteiger partial charge in [-0.1, -0.05) is 30.3 Å². The van der Waals surface area contributed by atoms with Crippen molar-refractivity contribution in [2.75, 3.05) is 18.9 Å². The van der Waals surface area contributed by atoms with Crippen molar-refractivity contribution in [1.82, 2.24) is 10.6 Å². The summed E-state index contributed by atoms with van der Waals surface area (Å²) in [6.45, 7) is 2.44. The molecule has 122 valence electrons. The third-order valence-corrected chi connectivity index (χ3v) is 4.50. The number of benzene rings is 1. The van der Waals surface area contributed by atoms with Gasteiger partial charge in [0, 0.05) is 12.7 Å². The molecule has 1 aromatic rings. The summed E-state index contributed by atoms with van der Waals surface area (Å²) in [7, 11) is 0. The summed E-state index contributed by atoms with van der Waals surface area (Å²) in [4.78, 5) is 22.8. The van der Waals surface area contributed by atoms with E-state index in [9.17, 15) is 9.59 Å². The second-order valence-corrected chi connectivity index (χ2v) is 6.16. The number of carbonyl (C=O) groups excluding carboxylic acids is 2. The molecular weight excluding hydrogens is 316 g/mol. The molecule has 2 amide bonds. The molecule has 1 aromatic carbocycles. The van der Waals surface area contributed by atoms with Gasteiger partial charge in [0.05, 0.1) is 19.2 Å². The van der Waals surface area contributed by atoms with Gasteiger partial charge in [0.1, 0.15) is 6.10 Å². The van der Waals surface area contributed by atoms with Crippen LogP contribution in [0.1, 0.15) is 24.1 Å². The molecule has 3 rings (SSSR count). The van der Waals surface area contributed by atoms with Crippen LogP contribution in [-0.4, -0.2) is 37.0 Å². The molecule has 2 aliphatic heterocycles. The zero-order valence-corrected chi connectivity index (χ0v) is 13.5. The predicted octanol–water partition coefficient (Wildman–Crippen LogP) is 2.03. The summed E-state index contributed by atoms with van der Waals surface area (Å²) < 4.78 is 10.5. The standard InChI is InChI=1S/C16H18N2O4S/c1-10(19)18-15(14-8-17-16(20)22-14)12-4-2-11(3-5-12)13-6-7-21-23-9-13/h2-6,14-15H,7-9H2,1H3,(H,17,20)(H,18,19)/t14-,15?/m0/s1. The molecule has 2 heterocycles. The van der Waals surface area contributed by atoms with Gasteiger partial charge < -0.3 is 19.6 Å². The first-order chi connectivity index (χ1) is 11.1. The van der Waals surface area contributed by atoms with Gasteiger partial charge in [0.25, 0.3) is 0 Å². The Morgan fingerprint density at radius 1 is 1.39 bits per heavy atom. The Kier molecular flexibility index (Phi) is 4.88. The molecule has 2 N–H and O–H groups in total. The number of carbonyl (C=O) groups is 2. The topological polar surface area (TPSA) is 76.7 Å². The van der Waals surface area contributed by atoms with E-state index < -0.39 is 12.2 Å². The lowest BCUT2D eigenvalue weighted by molar-refractivity contribution is -0.120. The van der Waals surface area contributed by atoms with Crippen LogP contribution in [-0.2, 0) is 13.7 Å². The fourth-order valence-corrected chi connectivity index (χ4v) is 3.31. The predicted molar refractivity (Wildman–Crippen MR) is 87.7 cm³/mol. The number of alkyl carbamates (subject to hydrolysis) is 1. The minimum Gasteiger partial charge on any atom is -0.442 e. The number of ether oxygens (including phenoxy) is 1. The number of hydrogen-bond acceptors (Lipinski definition) is 5. The first-order valence-electron chi connectivity index (χ1n) is 7.39. The Hall–Kier alpha value is -1.99. The van der Waals surface area contributed by atoms with Gasteiger partial charge in [-0.05, 0) is 28.7 Å². The highest BCUT2D eigenvalue weighted by Crippen LogP contribution is 2.27. The van der Waals surface area contributed by atoms with Gasteiger partial charge in [0.2, 0.25) is 5.91 Å². The molecule has 1 saturated heterocycles. The van der Waals surface area contributed by atoms with Crippen LogP contribution in [0, 0.1) is 0 Å². The van der Waals surface area contributed by atoms with Crippen LogP contribution in [0.4, 0.5) is 4.79 Å². The smallest absolute Gasteiger partial charge is 0.407 e. The van der Waals surface area contributed by atoms with E-state index in [1.807, 2.05) is 24.3 Å². The number of amides is 2. The largest absolute Gasteiger partial charge is 0.442 e. The molecule has 23 heavy (non-hydrogen) atoms. The van der Waals surface area contributed by atoms with Crippen LogP contribution in [0.3, 0.4) is 0 Å². The van der Waals surface area contributed by atoms with Crippen LogP contribution in [0.5, 0.6) is 0 Å². The van der Waals surface area contributed by atoms with Crippen LogP contribution in [0.25, 0.3) is 5.57 Å². The molecule has 0 spiro atoms. The van der Waals surface area contributed by atoms with Crippen molar-refractivity contribution < 1.29 is 18.5 Å². The SMILES string of the molecule is CC(=O)NC(c1ccc(C2=CCOSC2)cc1)[C@@H]1CNC(=O)O1. The number of cyclic esters (lactones) is 1. The van der Waals surface area contributed by atoms with E-state index in [1.54, 1.807) is 0 Å². The summed E-state index contributed by atoms with van der Waals surface area (Å²) in [5.74, 6) is 0.657. The maximum absolute atomic E-state index is 11.5. The molecule has 0 aromatic heterocycles. The molecule has 1 unspecified atom stereocenters. The first kappa shape index (κ1) is 15.9. The normalized spacial score (nSPS) is 21.9. The van der Waals surface area contributed by atoms with E-state index in [1.165, 1.54) is 24.5 Å². The Bertz CT molecular complexity index is 629. The van der Waals surface area contributed by atoms with Crippen LogP contribution >= 0.6 is 12.0 Å². The summed E-state index contributed by atoms with van der Waals surface area (Å²) >= 11 is 1.45. The van der Waals surface area contributed by atoms with Crippen LogP contribution in [0.15, 0.2) is 30.3 Å². The lowest BCUT2D eigenvalue weighted by atomic mass is 9.98. The van der Waals surface area contributed by atoms with Crippen molar-refractivity contribution in [1.29, 1.82) is 0 Å². The maximum Gasteiger partial charge on any atom is 0.407 e. The molecule has 0 bridgehead atoms. The number of nitrogens with one attached hydrogen (secondary N) is 2. The van der Waals surface area contributed by atoms with E-state index in [-0.39, 0.29) is 11.9 Å². The highest BCUT2D eigenvalue weighted by atomic mass is 32.2. The van der Waals surface area contributed by atoms with Crippen molar-refractivity contribution in [3.05, 3.63) is 41.5 Å². The van der Waals surface area contributed by atoms with E-state index >= 15 is 0 Å². The van der Waals surface area contributed by atoms with Crippen LogP contribution < -0.4 is 10.6 Å². The number of rotatable bonds is 4. The first-order valence-corrected chi connectivity index (χ1v) is 8.30. The lowest BCUT2D eigenvalue weighted by Crippen LogP contribution is -2.36. The Morgan fingerprint density at radius 3 is 2.74 bits per heavy atom. The van der Waals surface area contributed by atoms with Crippen molar-refractivity contribution in [2.24, 2.45) is 0 Å². The molecular formula is C16H18N2O4S. The van der Waals surface area contributed by atoms with Crippen LogP contribution in [0.2, 0.25) is 0 Å². The molecule has 1 fully saturated rings. The van der Waals surface area contributed by atoms with Crippen molar-refractivity contribution in [2.45, 2.75) is 19.1 Å². The van der Waals surface area contributed by atoms with E-state index in [4.69, 9.17) is 8.92 Å². The Labute approximate surface area is 138 Å². The van der Waals surface area contributed by atoms with Crippen molar-refractivity contribution >= 4 is 29.6 Å². The molecule has 7 heteroatoms. The van der Waals surface area contributed by atoms with E-state index in [0.29, 0.717) is 13.2 Å². The quantitative estimate of drug-likeness (QED) is 0.824. The van der Waals surface area contributed by atoms with Gasteiger partial charge in [-0.3, -0.25) is 4.79 Å².